The van der Waals surface area contributed by atoms with E-state index in [1.165, 1.54) is 7.11 Å². The number of methoxy groups -OCH3 is 1. The summed E-state index contributed by atoms with van der Waals surface area (Å²) in [6.45, 7) is 7.51. The number of rotatable bonds is 6. The number of esters is 2. The molecule has 1 saturated carbocycles. The summed E-state index contributed by atoms with van der Waals surface area (Å²) in [6.07, 6.45) is 2.50. The van der Waals surface area contributed by atoms with Crippen LogP contribution < -0.4 is 5.73 Å². The highest BCUT2D eigenvalue weighted by molar-refractivity contribution is 5.76. The molecule has 0 saturated heterocycles. The number of hydrogen-bond acceptors (Lipinski definition) is 6. The van der Waals surface area contributed by atoms with E-state index in [-0.39, 0.29) is 12.3 Å². The molecule has 6 heteroatoms. The van der Waals surface area contributed by atoms with Gasteiger partial charge in [-0.15, -0.1) is 0 Å². The Bertz CT molecular complexity index is 424. The standard InChI is InChI=1S/C18H33NO5/c1-11-6-8-12(9-7-11)16(19)15(13(20)10-14(21)23-5)17(22)24-18(2,3)4/h11-13,15-16,20H,6-10,19H2,1-5H3. The van der Waals surface area contributed by atoms with Crippen molar-refractivity contribution >= 4 is 11.9 Å². The molecule has 24 heavy (non-hydrogen) atoms. The number of carbonyl (C=O) groups excluding carboxylic acids is 2. The van der Waals surface area contributed by atoms with Gasteiger partial charge in [-0.3, -0.25) is 9.59 Å². The molecule has 0 aromatic carbocycles. The molecular formula is C18H33NO5. The molecular weight excluding hydrogens is 310 g/mol. The van der Waals surface area contributed by atoms with Crippen LogP contribution in [0, 0.1) is 17.8 Å². The fourth-order valence-electron chi connectivity index (χ4n) is 3.29. The lowest BCUT2D eigenvalue weighted by Gasteiger charge is -2.36. The van der Waals surface area contributed by atoms with E-state index in [0.29, 0.717) is 5.92 Å². The van der Waals surface area contributed by atoms with Gasteiger partial charge in [0.1, 0.15) is 5.60 Å². The van der Waals surface area contributed by atoms with E-state index in [1.807, 2.05) is 0 Å². The summed E-state index contributed by atoms with van der Waals surface area (Å²) in [6, 6.07) is -0.535. The molecule has 1 fully saturated rings. The second kappa shape index (κ2) is 8.81. The van der Waals surface area contributed by atoms with Crippen molar-refractivity contribution in [3.63, 3.8) is 0 Å². The molecule has 0 spiro atoms. The number of aliphatic hydroxyl groups excluding tert-OH is 1. The van der Waals surface area contributed by atoms with Gasteiger partial charge in [0.05, 0.1) is 25.6 Å². The van der Waals surface area contributed by atoms with Gasteiger partial charge in [-0.25, -0.2) is 0 Å². The number of hydrogen-bond donors (Lipinski definition) is 2. The number of ether oxygens (including phenoxy) is 2. The molecule has 1 aliphatic rings. The molecule has 3 unspecified atom stereocenters. The quantitative estimate of drug-likeness (QED) is 0.716. The molecule has 0 bridgehead atoms. The van der Waals surface area contributed by atoms with Crippen molar-refractivity contribution in [3.8, 4) is 0 Å². The van der Waals surface area contributed by atoms with Gasteiger partial charge in [0.2, 0.25) is 0 Å². The SMILES string of the molecule is COC(=O)CC(O)C(C(=O)OC(C)(C)C)C(N)C1CCC(C)CC1. The van der Waals surface area contributed by atoms with Gasteiger partial charge < -0.3 is 20.3 Å². The Balaban J connectivity index is 2.90. The largest absolute Gasteiger partial charge is 0.469 e. The average Bonchev–Trinajstić information content (AvgIpc) is 2.45. The van der Waals surface area contributed by atoms with Crippen LogP contribution in [-0.2, 0) is 19.1 Å². The van der Waals surface area contributed by atoms with Gasteiger partial charge in [0, 0.05) is 6.04 Å². The van der Waals surface area contributed by atoms with Gasteiger partial charge in [0.25, 0.3) is 0 Å². The Morgan fingerprint density at radius 2 is 1.75 bits per heavy atom. The Morgan fingerprint density at radius 3 is 2.21 bits per heavy atom. The van der Waals surface area contributed by atoms with Crippen molar-refractivity contribution in [2.24, 2.45) is 23.5 Å². The number of carbonyl (C=O) groups is 2. The van der Waals surface area contributed by atoms with Crippen LogP contribution in [0.15, 0.2) is 0 Å². The highest BCUT2D eigenvalue weighted by Crippen LogP contribution is 2.34. The lowest BCUT2D eigenvalue weighted by molar-refractivity contribution is -0.167. The van der Waals surface area contributed by atoms with Crippen molar-refractivity contribution < 1.29 is 24.2 Å². The van der Waals surface area contributed by atoms with Crippen LogP contribution in [0.2, 0.25) is 0 Å². The van der Waals surface area contributed by atoms with Crippen LogP contribution in [0.3, 0.4) is 0 Å². The monoisotopic (exact) mass is 343 g/mol. The molecule has 3 N–H and O–H groups in total. The van der Waals surface area contributed by atoms with E-state index < -0.39 is 35.6 Å². The Hall–Kier alpha value is -1.14. The summed E-state index contributed by atoms with van der Waals surface area (Å²) in [5.41, 5.74) is 5.68. The van der Waals surface area contributed by atoms with E-state index in [9.17, 15) is 14.7 Å². The summed E-state index contributed by atoms with van der Waals surface area (Å²) in [4.78, 5) is 24.1. The highest BCUT2D eigenvalue weighted by atomic mass is 16.6. The van der Waals surface area contributed by atoms with Crippen molar-refractivity contribution in [1.82, 2.24) is 0 Å². The van der Waals surface area contributed by atoms with Gasteiger partial charge in [-0.2, -0.15) is 0 Å². The number of nitrogens with two attached hydrogens (primary N) is 1. The van der Waals surface area contributed by atoms with Crippen LogP contribution in [-0.4, -0.2) is 41.9 Å². The molecule has 6 nitrogen and oxygen atoms in total. The Labute approximate surface area is 145 Å². The predicted octanol–water partition coefficient (Wildman–Crippen LogP) is 2.02. The molecule has 140 valence electrons. The third-order valence-corrected chi connectivity index (χ3v) is 4.72. The smallest absolute Gasteiger partial charge is 0.313 e. The van der Waals surface area contributed by atoms with Crippen molar-refractivity contribution in [3.05, 3.63) is 0 Å². The van der Waals surface area contributed by atoms with E-state index >= 15 is 0 Å². The fraction of sp³-hybridized carbons (Fsp3) is 0.889. The molecule has 0 radical (unpaired) electrons. The molecule has 0 aromatic heterocycles. The third kappa shape index (κ3) is 6.40. The predicted molar refractivity (Wildman–Crippen MR) is 91.1 cm³/mol. The maximum atomic E-state index is 12.6. The third-order valence-electron chi connectivity index (χ3n) is 4.72. The first-order valence-electron chi connectivity index (χ1n) is 8.78. The van der Waals surface area contributed by atoms with Crippen LogP contribution in [0.5, 0.6) is 0 Å². The highest BCUT2D eigenvalue weighted by Gasteiger charge is 2.41. The zero-order chi connectivity index (χ0) is 18.5. The summed E-state index contributed by atoms with van der Waals surface area (Å²) in [5.74, 6) is -1.24. The maximum Gasteiger partial charge on any atom is 0.313 e. The van der Waals surface area contributed by atoms with Crippen molar-refractivity contribution in [2.75, 3.05) is 7.11 Å². The van der Waals surface area contributed by atoms with E-state index in [0.717, 1.165) is 25.7 Å². The summed E-state index contributed by atoms with van der Waals surface area (Å²) < 4.78 is 10.0. The fourth-order valence-corrected chi connectivity index (χ4v) is 3.29. The van der Waals surface area contributed by atoms with E-state index in [4.69, 9.17) is 10.5 Å². The van der Waals surface area contributed by atoms with Crippen LogP contribution in [0.4, 0.5) is 0 Å². The molecule has 0 heterocycles. The lowest BCUT2D eigenvalue weighted by Crippen LogP contribution is -2.50. The zero-order valence-electron chi connectivity index (χ0n) is 15.6. The first kappa shape index (κ1) is 20.9. The van der Waals surface area contributed by atoms with Crippen molar-refractivity contribution in [2.45, 2.75) is 77.5 Å². The molecule has 1 aliphatic carbocycles. The van der Waals surface area contributed by atoms with E-state index in [1.54, 1.807) is 20.8 Å². The zero-order valence-corrected chi connectivity index (χ0v) is 15.6. The summed E-state index contributed by atoms with van der Waals surface area (Å²) in [5, 5.41) is 10.4. The second-order valence-corrected chi connectivity index (χ2v) is 8.00. The Kier molecular flexibility index (Phi) is 7.67. The van der Waals surface area contributed by atoms with Gasteiger partial charge >= 0.3 is 11.9 Å². The topological polar surface area (TPSA) is 98.8 Å². The van der Waals surface area contributed by atoms with Gasteiger partial charge in [0.15, 0.2) is 0 Å². The van der Waals surface area contributed by atoms with Gasteiger partial charge in [-0.1, -0.05) is 19.8 Å². The average molecular weight is 343 g/mol. The first-order valence-corrected chi connectivity index (χ1v) is 8.78. The molecule has 0 aromatic rings. The van der Waals surface area contributed by atoms with Crippen LogP contribution >= 0.6 is 0 Å². The second-order valence-electron chi connectivity index (χ2n) is 8.00. The normalized spacial score (nSPS) is 25.5. The van der Waals surface area contributed by atoms with Crippen LogP contribution in [0.25, 0.3) is 0 Å². The summed E-state index contributed by atoms with van der Waals surface area (Å²) in [7, 11) is 1.25. The van der Waals surface area contributed by atoms with Crippen LogP contribution in [0.1, 0.15) is 59.8 Å². The maximum absolute atomic E-state index is 12.6. The number of aliphatic hydroxyl groups is 1. The lowest BCUT2D eigenvalue weighted by atomic mass is 9.74. The first-order chi connectivity index (χ1) is 11.0. The minimum Gasteiger partial charge on any atom is -0.469 e. The van der Waals surface area contributed by atoms with E-state index in [2.05, 4.69) is 11.7 Å². The van der Waals surface area contributed by atoms with Crippen molar-refractivity contribution in [1.29, 1.82) is 0 Å². The molecule has 0 amide bonds. The minimum atomic E-state index is -1.21. The molecule has 0 aliphatic heterocycles. The minimum absolute atomic E-state index is 0.144. The molecule has 3 atom stereocenters. The summed E-state index contributed by atoms with van der Waals surface area (Å²) >= 11 is 0. The Morgan fingerprint density at radius 1 is 1.21 bits per heavy atom. The van der Waals surface area contributed by atoms with Gasteiger partial charge in [-0.05, 0) is 45.4 Å². The molecule has 1 rings (SSSR count).